The predicted octanol–water partition coefficient (Wildman–Crippen LogP) is 6.42. The van der Waals surface area contributed by atoms with Crippen molar-refractivity contribution < 1.29 is 9.59 Å². The van der Waals surface area contributed by atoms with E-state index >= 15 is 0 Å². The van der Waals surface area contributed by atoms with E-state index in [9.17, 15) is 9.59 Å². The topological polar surface area (TPSA) is 34.1 Å². The maximum atomic E-state index is 11.8. The van der Waals surface area contributed by atoms with Gasteiger partial charge in [0.25, 0.3) is 0 Å². The minimum atomic E-state index is -0.0722. The molecule has 0 heterocycles. The Balaban J connectivity index is 2.07. The van der Waals surface area contributed by atoms with Crippen LogP contribution in [0.25, 0.3) is 21.9 Å². The van der Waals surface area contributed by atoms with Gasteiger partial charge in [-0.3, -0.25) is 9.59 Å². The van der Waals surface area contributed by atoms with E-state index in [1.165, 1.54) is 35.7 Å². The molecule has 0 saturated carbocycles. The molecule has 0 fully saturated rings. The third-order valence-electron chi connectivity index (χ3n) is 4.12. The highest BCUT2D eigenvalue weighted by molar-refractivity contribution is 8.14. The Labute approximate surface area is 167 Å². The summed E-state index contributed by atoms with van der Waals surface area (Å²) in [4.78, 5) is 25.2. The van der Waals surface area contributed by atoms with Gasteiger partial charge in [0.15, 0.2) is 0 Å². The fourth-order valence-corrected chi connectivity index (χ4v) is 4.22. The number of hydrogen-bond donors (Lipinski definition) is 0. The highest BCUT2D eigenvalue weighted by Gasteiger charge is 2.12. The standard InChI is InChI=1S/C23H18O2S2/c1-4-22(24)26-20-12-10-16(14-15(20)3)17-11-13-21(27-23(25)5-2)19-9-7-6-8-18(17)19/h4-14H,1-2H2,3H3. The normalized spacial score (nSPS) is 10.6. The van der Waals surface area contributed by atoms with Crippen molar-refractivity contribution in [3.63, 3.8) is 0 Å². The van der Waals surface area contributed by atoms with Crippen molar-refractivity contribution in [2.24, 2.45) is 0 Å². The molecule has 0 unspecified atom stereocenters. The van der Waals surface area contributed by atoms with Crippen LogP contribution in [0.4, 0.5) is 0 Å². The van der Waals surface area contributed by atoms with Gasteiger partial charge < -0.3 is 0 Å². The molecular formula is C23H18O2S2. The van der Waals surface area contributed by atoms with Crippen molar-refractivity contribution >= 4 is 44.5 Å². The summed E-state index contributed by atoms with van der Waals surface area (Å²) in [5.74, 6) is 0. The zero-order valence-electron chi connectivity index (χ0n) is 14.9. The summed E-state index contributed by atoms with van der Waals surface area (Å²) < 4.78 is 0. The smallest absolute Gasteiger partial charge is 0.216 e. The number of rotatable bonds is 5. The molecule has 3 rings (SSSR count). The molecule has 0 aromatic heterocycles. The number of benzene rings is 3. The molecule has 0 radical (unpaired) electrons. The summed E-state index contributed by atoms with van der Waals surface area (Å²) in [5, 5.41) is 1.98. The van der Waals surface area contributed by atoms with Crippen molar-refractivity contribution in [2.75, 3.05) is 0 Å². The van der Waals surface area contributed by atoms with E-state index in [-0.39, 0.29) is 10.2 Å². The molecule has 0 N–H and O–H groups in total. The highest BCUT2D eigenvalue weighted by atomic mass is 32.2. The quantitative estimate of drug-likeness (QED) is 0.372. The Bertz CT molecular complexity index is 1070. The maximum absolute atomic E-state index is 11.8. The van der Waals surface area contributed by atoms with Crippen LogP contribution in [0.15, 0.2) is 89.7 Å². The van der Waals surface area contributed by atoms with Gasteiger partial charge in [-0.25, -0.2) is 0 Å². The number of fused-ring (bicyclic) bond motifs is 1. The van der Waals surface area contributed by atoms with E-state index in [1.807, 2.05) is 49.4 Å². The van der Waals surface area contributed by atoms with Crippen LogP contribution in [-0.2, 0) is 9.59 Å². The van der Waals surface area contributed by atoms with E-state index in [0.29, 0.717) is 0 Å². The Kier molecular flexibility index (Phi) is 5.99. The van der Waals surface area contributed by atoms with Gasteiger partial charge in [-0.1, -0.05) is 55.6 Å². The van der Waals surface area contributed by atoms with Gasteiger partial charge >= 0.3 is 0 Å². The maximum Gasteiger partial charge on any atom is 0.216 e. The second kappa shape index (κ2) is 8.42. The van der Waals surface area contributed by atoms with Crippen LogP contribution in [0, 0.1) is 6.92 Å². The molecule has 0 aliphatic rings. The van der Waals surface area contributed by atoms with Crippen molar-refractivity contribution in [1.29, 1.82) is 0 Å². The minimum absolute atomic E-state index is 0.0652. The van der Waals surface area contributed by atoms with Crippen molar-refractivity contribution in [3.05, 3.63) is 85.5 Å². The molecule has 27 heavy (non-hydrogen) atoms. The van der Waals surface area contributed by atoms with Crippen LogP contribution < -0.4 is 0 Å². The lowest BCUT2D eigenvalue weighted by Gasteiger charge is -2.12. The molecule has 0 saturated heterocycles. The first-order chi connectivity index (χ1) is 13.0. The molecule has 0 spiro atoms. The number of thioether (sulfide) groups is 2. The Morgan fingerprint density at radius 2 is 1.41 bits per heavy atom. The molecule has 3 aromatic carbocycles. The fraction of sp³-hybridized carbons (Fsp3) is 0.0435. The van der Waals surface area contributed by atoms with Gasteiger partial charge in [0.05, 0.1) is 0 Å². The van der Waals surface area contributed by atoms with Crippen LogP contribution >= 0.6 is 23.5 Å². The van der Waals surface area contributed by atoms with Crippen LogP contribution in [-0.4, -0.2) is 10.2 Å². The minimum Gasteiger partial charge on any atom is -0.282 e. The van der Waals surface area contributed by atoms with E-state index in [2.05, 4.69) is 25.3 Å². The summed E-state index contributed by atoms with van der Waals surface area (Å²) in [7, 11) is 0. The molecule has 3 aromatic rings. The molecule has 134 valence electrons. The number of hydrogen-bond acceptors (Lipinski definition) is 4. The molecule has 0 aliphatic heterocycles. The van der Waals surface area contributed by atoms with Gasteiger partial charge in [0.2, 0.25) is 10.2 Å². The van der Waals surface area contributed by atoms with Crippen molar-refractivity contribution in [1.82, 2.24) is 0 Å². The second-order valence-electron chi connectivity index (χ2n) is 5.89. The molecule has 0 atom stereocenters. The molecular weight excluding hydrogens is 372 g/mol. The van der Waals surface area contributed by atoms with Gasteiger partial charge in [0, 0.05) is 9.79 Å². The lowest BCUT2D eigenvalue weighted by Crippen LogP contribution is -1.90. The van der Waals surface area contributed by atoms with Gasteiger partial charge in [0.1, 0.15) is 0 Å². The van der Waals surface area contributed by atoms with E-state index < -0.39 is 0 Å². The van der Waals surface area contributed by atoms with Gasteiger partial charge in [-0.15, -0.1) is 0 Å². The summed E-state index contributed by atoms with van der Waals surface area (Å²) in [6, 6.07) is 18.1. The van der Waals surface area contributed by atoms with Crippen LogP contribution in [0.1, 0.15) is 5.56 Å². The predicted molar refractivity (Wildman–Crippen MR) is 116 cm³/mol. The first kappa shape index (κ1) is 19.2. The van der Waals surface area contributed by atoms with Gasteiger partial charge in [-0.2, -0.15) is 0 Å². The highest BCUT2D eigenvalue weighted by Crippen LogP contribution is 2.37. The second-order valence-corrected chi connectivity index (χ2v) is 7.98. The number of aryl methyl sites for hydroxylation is 1. The summed E-state index contributed by atoms with van der Waals surface area (Å²) in [6.45, 7) is 9.06. The van der Waals surface area contributed by atoms with E-state index in [1.54, 1.807) is 0 Å². The summed E-state index contributed by atoms with van der Waals surface area (Å²) >= 11 is 2.37. The van der Waals surface area contributed by atoms with Crippen LogP contribution in [0.3, 0.4) is 0 Å². The molecule has 2 nitrogen and oxygen atoms in total. The Morgan fingerprint density at radius 3 is 2.04 bits per heavy atom. The average Bonchev–Trinajstić information content (AvgIpc) is 2.69. The van der Waals surface area contributed by atoms with Crippen molar-refractivity contribution in [2.45, 2.75) is 16.7 Å². The molecule has 4 heteroatoms. The fourth-order valence-electron chi connectivity index (χ4n) is 2.84. The monoisotopic (exact) mass is 390 g/mol. The average molecular weight is 391 g/mol. The summed E-state index contributed by atoms with van der Waals surface area (Å²) in [6.07, 6.45) is 2.66. The molecule has 0 amide bonds. The van der Waals surface area contributed by atoms with Crippen LogP contribution in [0.5, 0.6) is 0 Å². The zero-order valence-corrected chi connectivity index (χ0v) is 16.5. The SMILES string of the molecule is C=CC(=O)Sc1ccc(-c2ccc(SC(=O)C=C)c3ccccc23)cc1C. The lowest BCUT2D eigenvalue weighted by molar-refractivity contribution is -0.107. The third kappa shape index (κ3) is 4.24. The lowest BCUT2D eigenvalue weighted by atomic mass is 9.97. The molecule has 0 bridgehead atoms. The van der Waals surface area contributed by atoms with Crippen LogP contribution in [0.2, 0.25) is 0 Å². The van der Waals surface area contributed by atoms with E-state index in [4.69, 9.17) is 0 Å². The molecule has 0 aliphatic carbocycles. The zero-order chi connectivity index (χ0) is 19.4. The Morgan fingerprint density at radius 1 is 0.815 bits per heavy atom. The first-order valence-electron chi connectivity index (χ1n) is 8.34. The third-order valence-corrected chi connectivity index (χ3v) is 6.11. The summed E-state index contributed by atoms with van der Waals surface area (Å²) in [5.41, 5.74) is 3.21. The Hall–Kier alpha value is -2.56. The van der Waals surface area contributed by atoms with Gasteiger partial charge in [-0.05, 0) is 82.2 Å². The first-order valence-corrected chi connectivity index (χ1v) is 9.98. The number of carbonyl (C=O) groups is 2. The largest absolute Gasteiger partial charge is 0.282 e. The van der Waals surface area contributed by atoms with E-state index in [0.717, 1.165) is 37.3 Å². The number of carbonyl (C=O) groups excluding carboxylic acids is 2. The van der Waals surface area contributed by atoms with Crippen molar-refractivity contribution in [3.8, 4) is 11.1 Å².